The number of aromatic amines is 1. The van der Waals surface area contributed by atoms with Crippen LogP contribution in [0.2, 0.25) is 10.3 Å². The molecule has 0 aliphatic rings. The van der Waals surface area contributed by atoms with Crippen molar-refractivity contribution in [3.05, 3.63) is 77.1 Å². The average molecular weight is 427 g/mol. The first-order chi connectivity index (χ1) is 14.1. The van der Waals surface area contributed by atoms with Crippen molar-refractivity contribution in [3.63, 3.8) is 0 Å². The highest BCUT2D eigenvalue weighted by Crippen LogP contribution is 2.20. The lowest BCUT2D eigenvalue weighted by Crippen LogP contribution is -1.99. The van der Waals surface area contributed by atoms with Gasteiger partial charge in [-0.1, -0.05) is 35.3 Å². The second-order valence-electron chi connectivity index (χ2n) is 6.14. The number of hydrogen-bond acceptors (Lipinski definition) is 5. The van der Waals surface area contributed by atoms with Crippen LogP contribution < -0.4 is 4.74 Å². The highest BCUT2D eigenvalue weighted by molar-refractivity contribution is 6.34. The molecule has 29 heavy (non-hydrogen) atoms. The summed E-state index contributed by atoms with van der Waals surface area (Å²) in [6.45, 7) is 0.689. The maximum absolute atomic E-state index is 6.03. The number of H-pyrrole nitrogens is 1. The number of fused-ring (bicyclic) bond motifs is 2. The van der Waals surface area contributed by atoms with E-state index in [-0.39, 0.29) is 0 Å². The van der Waals surface area contributed by atoms with Gasteiger partial charge in [0.1, 0.15) is 16.1 Å². The number of aromatic nitrogens is 6. The van der Waals surface area contributed by atoms with Gasteiger partial charge in [0.05, 0.1) is 41.7 Å². The van der Waals surface area contributed by atoms with E-state index in [9.17, 15) is 0 Å². The standard InChI is InChI=1S/C14H12ClN3O.C6H4ClN3/c1-19-11-4-2-10(3-5-11)8-18-9-12-13(17-18)6-7-16-14(12)15;7-6-4-3-9-10-5(4)1-2-8-6/h2-7,9H,8H2,1H3;1-3H,(H,9,10). The predicted molar refractivity (Wildman–Crippen MR) is 114 cm³/mol. The Morgan fingerprint density at radius 1 is 0.966 bits per heavy atom. The zero-order valence-electron chi connectivity index (χ0n) is 15.4. The normalized spacial score (nSPS) is 10.7. The van der Waals surface area contributed by atoms with Crippen molar-refractivity contribution in [2.75, 3.05) is 7.11 Å². The van der Waals surface area contributed by atoms with Crippen LogP contribution in [0.25, 0.3) is 21.8 Å². The molecule has 0 fully saturated rings. The lowest BCUT2D eigenvalue weighted by atomic mass is 10.2. The van der Waals surface area contributed by atoms with Crippen LogP contribution in [0, 0.1) is 0 Å². The molecule has 0 aliphatic carbocycles. The number of methoxy groups -OCH3 is 1. The largest absolute Gasteiger partial charge is 0.497 e. The Balaban J connectivity index is 0.000000171. The molecule has 4 heterocycles. The first-order valence-corrected chi connectivity index (χ1v) is 9.44. The molecule has 7 nitrogen and oxygen atoms in total. The first kappa shape index (κ1) is 19.2. The van der Waals surface area contributed by atoms with Gasteiger partial charge in [0, 0.05) is 18.6 Å². The lowest BCUT2D eigenvalue weighted by molar-refractivity contribution is 0.414. The number of pyridine rings is 2. The van der Waals surface area contributed by atoms with E-state index in [1.165, 1.54) is 0 Å². The van der Waals surface area contributed by atoms with Gasteiger partial charge in [-0.3, -0.25) is 9.78 Å². The number of nitrogens with zero attached hydrogens (tertiary/aromatic N) is 5. The summed E-state index contributed by atoms with van der Waals surface area (Å²) in [6.07, 6.45) is 6.87. The summed E-state index contributed by atoms with van der Waals surface area (Å²) in [7, 11) is 1.66. The minimum Gasteiger partial charge on any atom is -0.497 e. The van der Waals surface area contributed by atoms with Gasteiger partial charge in [-0.25, -0.2) is 9.97 Å². The second kappa shape index (κ2) is 8.46. The monoisotopic (exact) mass is 426 g/mol. The van der Waals surface area contributed by atoms with Crippen LogP contribution in [0.5, 0.6) is 5.75 Å². The van der Waals surface area contributed by atoms with Gasteiger partial charge in [-0.05, 0) is 29.8 Å². The van der Waals surface area contributed by atoms with Crippen LogP contribution >= 0.6 is 23.2 Å². The Labute approximate surface area is 176 Å². The van der Waals surface area contributed by atoms with Crippen molar-refractivity contribution >= 4 is 45.0 Å². The van der Waals surface area contributed by atoms with E-state index in [1.807, 2.05) is 47.3 Å². The van der Waals surface area contributed by atoms with Crippen molar-refractivity contribution < 1.29 is 4.74 Å². The molecule has 0 atom stereocenters. The van der Waals surface area contributed by atoms with Gasteiger partial charge >= 0.3 is 0 Å². The molecular formula is C20H16Cl2N6O. The van der Waals surface area contributed by atoms with Crippen molar-refractivity contribution in [3.8, 4) is 5.75 Å². The van der Waals surface area contributed by atoms with Gasteiger partial charge in [0.2, 0.25) is 0 Å². The van der Waals surface area contributed by atoms with Crippen LogP contribution in [-0.2, 0) is 6.54 Å². The number of halogens is 2. The molecule has 0 saturated heterocycles. The average Bonchev–Trinajstić information content (AvgIpc) is 3.37. The molecule has 1 aromatic carbocycles. The molecule has 5 aromatic rings. The molecule has 0 amide bonds. The van der Waals surface area contributed by atoms with Crippen molar-refractivity contribution in [2.24, 2.45) is 0 Å². The number of rotatable bonds is 3. The Morgan fingerprint density at radius 3 is 2.38 bits per heavy atom. The molecule has 146 valence electrons. The number of hydrogen-bond donors (Lipinski definition) is 1. The summed E-state index contributed by atoms with van der Waals surface area (Å²) in [4.78, 5) is 7.93. The molecule has 9 heteroatoms. The third kappa shape index (κ3) is 4.31. The van der Waals surface area contributed by atoms with E-state index >= 15 is 0 Å². The van der Waals surface area contributed by atoms with Gasteiger partial charge < -0.3 is 4.74 Å². The first-order valence-electron chi connectivity index (χ1n) is 8.68. The van der Waals surface area contributed by atoms with Crippen LogP contribution in [0.3, 0.4) is 0 Å². The molecule has 4 aromatic heterocycles. The smallest absolute Gasteiger partial charge is 0.139 e. The van der Waals surface area contributed by atoms with Crippen LogP contribution in [0.4, 0.5) is 0 Å². The summed E-state index contributed by atoms with van der Waals surface area (Å²) in [6, 6.07) is 11.6. The molecule has 0 spiro atoms. The zero-order valence-corrected chi connectivity index (χ0v) is 16.9. The molecule has 1 N–H and O–H groups in total. The highest BCUT2D eigenvalue weighted by Gasteiger charge is 2.05. The molecule has 5 rings (SSSR count). The molecule has 0 unspecified atom stereocenters. The van der Waals surface area contributed by atoms with Crippen molar-refractivity contribution in [1.82, 2.24) is 29.9 Å². The van der Waals surface area contributed by atoms with E-state index < -0.39 is 0 Å². The third-order valence-electron chi connectivity index (χ3n) is 4.26. The Bertz CT molecular complexity index is 1250. The van der Waals surface area contributed by atoms with Gasteiger partial charge in [-0.2, -0.15) is 10.2 Å². The van der Waals surface area contributed by atoms with E-state index in [1.54, 1.807) is 25.7 Å². The molecule has 0 saturated carbocycles. The summed E-state index contributed by atoms with van der Waals surface area (Å²) < 4.78 is 7.00. The molecular weight excluding hydrogens is 411 g/mol. The fraction of sp³-hybridized carbons (Fsp3) is 0.100. The fourth-order valence-corrected chi connectivity index (χ4v) is 3.20. The maximum Gasteiger partial charge on any atom is 0.139 e. The predicted octanol–water partition coefficient (Wildman–Crippen LogP) is 4.75. The number of ether oxygens (including phenoxy) is 1. The van der Waals surface area contributed by atoms with E-state index in [4.69, 9.17) is 27.9 Å². The molecule has 0 bridgehead atoms. The van der Waals surface area contributed by atoms with Gasteiger partial charge in [0.25, 0.3) is 0 Å². The van der Waals surface area contributed by atoms with Crippen LogP contribution in [-0.4, -0.2) is 37.1 Å². The summed E-state index contributed by atoms with van der Waals surface area (Å²) in [5.41, 5.74) is 2.92. The van der Waals surface area contributed by atoms with Crippen molar-refractivity contribution in [1.29, 1.82) is 0 Å². The Hall–Kier alpha value is -3.16. The maximum atomic E-state index is 6.03. The number of benzene rings is 1. The SMILES string of the molecule is COc1ccc(Cn2cc3c(Cl)nccc3n2)cc1.Clc1nccc2[nH]ncc12. The Kier molecular flexibility index (Phi) is 5.59. The topological polar surface area (TPSA) is 81.5 Å². The fourth-order valence-electron chi connectivity index (χ4n) is 2.79. The second-order valence-corrected chi connectivity index (χ2v) is 6.86. The quantitative estimate of drug-likeness (QED) is 0.420. The molecule has 0 radical (unpaired) electrons. The van der Waals surface area contributed by atoms with Crippen LogP contribution in [0.15, 0.2) is 61.2 Å². The summed E-state index contributed by atoms with van der Waals surface area (Å²) in [5.74, 6) is 0.849. The van der Waals surface area contributed by atoms with Crippen molar-refractivity contribution in [2.45, 2.75) is 6.54 Å². The molecule has 0 aliphatic heterocycles. The van der Waals surface area contributed by atoms with Crippen LogP contribution in [0.1, 0.15) is 5.56 Å². The van der Waals surface area contributed by atoms with E-state index in [0.717, 1.165) is 33.1 Å². The Morgan fingerprint density at radius 2 is 1.69 bits per heavy atom. The van der Waals surface area contributed by atoms with Gasteiger partial charge in [-0.15, -0.1) is 0 Å². The minimum absolute atomic E-state index is 0.485. The minimum atomic E-state index is 0.485. The zero-order chi connectivity index (χ0) is 20.2. The highest BCUT2D eigenvalue weighted by atomic mass is 35.5. The van der Waals surface area contributed by atoms with E-state index in [2.05, 4.69) is 25.3 Å². The summed E-state index contributed by atoms with van der Waals surface area (Å²) >= 11 is 11.8. The third-order valence-corrected chi connectivity index (χ3v) is 4.86. The van der Waals surface area contributed by atoms with Gasteiger partial charge in [0.15, 0.2) is 0 Å². The lowest BCUT2D eigenvalue weighted by Gasteiger charge is -2.03. The summed E-state index contributed by atoms with van der Waals surface area (Å²) in [5, 5.41) is 13.8. The number of nitrogens with one attached hydrogen (secondary N) is 1. The van der Waals surface area contributed by atoms with E-state index in [0.29, 0.717) is 16.9 Å².